The van der Waals surface area contributed by atoms with Gasteiger partial charge in [-0.1, -0.05) is 19.8 Å². The third kappa shape index (κ3) is 4.95. The van der Waals surface area contributed by atoms with Gasteiger partial charge in [0.15, 0.2) is 0 Å². The number of aryl methyl sites for hydroxylation is 1. The zero-order valence-corrected chi connectivity index (χ0v) is 11.2. The molecule has 1 atom stereocenters. The van der Waals surface area contributed by atoms with Crippen molar-refractivity contribution in [2.45, 2.75) is 32.2 Å². The highest BCUT2D eigenvalue weighted by molar-refractivity contribution is 5.94. The second-order valence-electron chi connectivity index (χ2n) is 4.25. The van der Waals surface area contributed by atoms with Gasteiger partial charge in [0.25, 0.3) is 0 Å². The van der Waals surface area contributed by atoms with Crippen molar-refractivity contribution in [3.63, 3.8) is 0 Å². The first-order valence-electron chi connectivity index (χ1n) is 6.24. The summed E-state index contributed by atoms with van der Waals surface area (Å²) >= 11 is 0. The number of hydrogen-bond acceptors (Lipinski definition) is 3. The van der Waals surface area contributed by atoms with Crippen LogP contribution in [0.5, 0.6) is 0 Å². The molecular weight excluding hydrogens is 246 g/mol. The average Bonchev–Trinajstić information content (AvgIpc) is 2.77. The summed E-state index contributed by atoms with van der Waals surface area (Å²) in [6.07, 6.45) is 6.64. The molecule has 1 amide bonds. The number of nitrogens with zero attached hydrogens (tertiary/aromatic N) is 2. The molecular formula is C13H19N3O3. The lowest BCUT2D eigenvalue weighted by atomic mass is 10.1. The molecule has 1 aromatic heterocycles. The van der Waals surface area contributed by atoms with E-state index in [0.717, 1.165) is 18.5 Å². The maximum absolute atomic E-state index is 11.6. The molecule has 1 rings (SSSR count). The van der Waals surface area contributed by atoms with Gasteiger partial charge >= 0.3 is 5.97 Å². The Morgan fingerprint density at radius 2 is 2.32 bits per heavy atom. The van der Waals surface area contributed by atoms with Crippen molar-refractivity contribution in [2.75, 3.05) is 0 Å². The van der Waals surface area contributed by atoms with Crippen molar-refractivity contribution in [3.8, 4) is 0 Å². The smallest absolute Gasteiger partial charge is 0.326 e. The molecule has 0 radical (unpaired) electrons. The number of unbranched alkanes of at least 4 members (excludes halogenated alkanes) is 1. The van der Waals surface area contributed by atoms with E-state index in [-0.39, 0.29) is 0 Å². The van der Waals surface area contributed by atoms with Gasteiger partial charge in [-0.15, -0.1) is 0 Å². The van der Waals surface area contributed by atoms with Crippen molar-refractivity contribution in [3.05, 3.63) is 24.0 Å². The quantitative estimate of drug-likeness (QED) is 0.725. The third-order valence-electron chi connectivity index (χ3n) is 2.73. The summed E-state index contributed by atoms with van der Waals surface area (Å²) in [7, 11) is 1.76. The summed E-state index contributed by atoms with van der Waals surface area (Å²) < 4.78 is 1.62. The van der Waals surface area contributed by atoms with Crippen molar-refractivity contribution in [1.29, 1.82) is 0 Å². The molecule has 0 bridgehead atoms. The number of nitrogens with one attached hydrogen (secondary N) is 1. The molecule has 0 spiro atoms. The summed E-state index contributed by atoms with van der Waals surface area (Å²) in [5.41, 5.74) is 0.774. The molecule has 0 aromatic carbocycles. The normalized spacial score (nSPS) is 12.5. The highest BCUT2D eigenvalue weighted by Gasteiger charge is 2.17. The molecule has 0 aliphatic rings. The Morgan fingerprint density at radius 1 is 1.58 bits per heavy atom. The van der Waals surface area contributed by atoms with E-state index in [0.29, 0.717) is 6.42 Å². The lowest BCUT2D eigenvalue weighted by Crippen LogP contribution is -2.39. The number of amides is 1. The molecule has 19 heavy (non-hydrogen) atoms. The van der Waals surface area contributed by atoms with Gasteiger partial charge in [-0.25, -0.2) is 4.79 Å². The molecule has 0 saturated carbocycles. The van der Waals surface area contributed by atoms with E-state index < -0.39 is 17.9 Å². The van der Waals surface area contributed by atoms with Gasteiger partial charge in [0.2, 0.25) is 5.91 Å². The maximum Gasteiger partial charge on any atom is 0.326 e. The fourth-order valence-corrected chi connectivity index (χ4v) is 1.59. The molecule has 0 saturated heterocycles. The molecule has 1 heterocycles. The molecule has 6 nitrogen and oxygen atoms in total. The fourth-order valence-electron chi connectivity index (χ4n) is 1.59. The molecule has 1 aromatic rings. The number of aromatic nitrogens is 2. The van der Waals surface area contributed by atoms with Gasteiger partial charge in [0.05, 0.1) is 5.69 Å². The van der Waals surface area contributed by atoms with E-state index >= 15 is 0 Å². The van der Waals surface area contributed by atoms with Crippen LogP contribution in [0, 0.1) is 0 Å². The largest absolute Gasteiger partial charge is 0.480 e. The molecule has 0 aliphatic carbocycles. The molecule has 104 valence electrons. The molecule has 0 aliphatic heterocycles. The number of hydrogen-bond donors (Lipinski definition) is 2. The first-order valence-corrected chi connectivity index (χ1v) is 6.24. The summed E-state index contributed by atoms with van der Waals surface area (Å²) in [4.78, 5) is 22.6. The van der Waals surface area contributed by atoms with Crippen LogP contribution in [0.4, 0.5) is 0 Å². The van der Waals surface area contributed by atoms with Crippen LogP contribution in [0.25, 0.3) is 6.08 Å². The Hall–Kier alpha value is -2.11. The first-order chi connectivity index (χ1) is 9.04. The van der Waals surface area contributed by atoms with Crippen molar-refractivity contribution < 1.29 is 14.7 Å². The minimum Gasteiger partial charge on any atom is -0.480 e. The zero-order chi connectivity index (χ0) is 14.3. The summed E-state index contributed by atoms with van der Waals surface area (Å²) in [6, 6.07) is 0.930. The lowest BCUT2D eigenvalue weighted by molar-refractivity contribution is -0.141. The van der Waals surface area contributed by atoms with E-state index in [9.17, 15) is 9.59 Å². The third-order valence-corrected chi connectivity index (χ3v) is 2.73. The van der Waals surface area contributed by atoms with E-state index in [2.05, 4.69) is 10.4 Å². The monoisotopic (exact) mass is 265 g/mol. The van der Waals surface area contributed by atoms with Crippen LogP contribution < -0.4 is 5.32 Å². The predicted octanol–water partition coefficient (Wildman–Crippen LogP) is 1.19. The van der Waals surface area contributed by atoms with Crippen molar-refractivity contribution >= 4 is 18.0 Å². The van der Waals surface area contributed by atoms with Gasteiger partial charge < -0.3 is 10.4 Å². The highest BCUT2D eigenvalue weighted by Crippen LogP contribution is 2.02. The summed E-state index contributed by atoms with van der Waals surface area (Å²) in [5.74, 6) is -1.42. The van der Waals surface area contributed by atoms with Gasteiger partial charge in [-0.3, -0.25) is 9.48 Å². The Balaban J connectivity index is 2.55. The van der Waals surface area contributed by atoms with E-state index in [1.165, 1.54) is 6.08 Å². The van der Waals surface area contributed by atoms with Gasteiger partial charge in [0, 0.05) is 19.3 Å². The zero-order valence-electron chi connectivity index (χ0n) is 11.2. The fraction of sp³-hybridized carbons (Fsp3) is 0.462. The van der Waals surface area contributed by atoms with Crippen molar-refractivity contribution in [2.24, 2.45) is 7.05 Å². The molecule has 2 N–H and O–H groups in total. The molecule has 0 fully saturated rings. The van der Waals surface area contributed by atoms with Gasteiger partial charge in [0.1, 0.15) is 6.04 Å². The number of rotatable bonds is 7. The molecule has 6 heteroatoms. The van der Waals surface area contributed by atoms with E-state index in [1.807, 2.05) is 6.92 Å². The van der Waals surface area contributed by atoms with Crippen LogP contribution in [-0.4, -0.2) is 32.8 Å². The standard InChI is InChI=1S/C13H19N3O3/c1-3-4-5-11(13(18)19)15-12(17)7-6-10-8-9-14-16(10)2/h6-9,11H,3-5H2,1-2H3,(H,15,17)(H,18,19)/b7-6+. The SMILES string of the molecule is CCCCC(NC(=O)/C=C/c1ccnn1C)C(=O)O. The Labute approximate surface area is 112 Å². The van der Waals surface area contributed by atoms with Crippen LogP contribution in [0.3, 0.4) is 0 Å². The average molecular weight is 265 g/mol. The predicted molar refractivity (Wildman–Crippen MR) is 71.3 cm³/mol. The van der Waals surface area contributed by atoms with Crippen LogP contribution >= 0.6 is 0 Å². The van der Waals surface area contributed by atoms with Gasteiger partial charge in [-0.2, -0.15) is 5.10 Å². The first kappa shape index (κ1) is 14.9. The van der Waals surface area contributed by atoms with Gasteiger partial charge in [-0.05, 0) is 18.6 Å². The number of carbonyl (C=O) groups is 2. The van der Waals surface area contributed by atoms with Crippen LogP contribution in [0.1, 0.15) is 31.9 Å². The highest BCUT2D eigenvalue weighted by atomic mass is 16.4. The van der Waals surface area contributed by atoms with Crippen LogP contribution in [0.2, 0.25) is 0 Å². The minimum absolute atomic E-state index is 0.412. The topological polar surface area (TPSA) is 84.2 Å². The molecule has 1 unspecified atom stereocenters. The van der Waals surface area contributed by atoms with Crippen LogP contribution in [-0.2, 0) is 16.6 Å². The lowest BCUT2D eigenvalue weighted by Gasteiger charge is -2.12. The summed E-state index contributed by atoms with van der Waals surface area (Å²) in [6.45, 7) is 1.98. The minimum atomic E-state index is -1.00. The summed E-state index contributed by atoms with van der Waals surface area (Å²) in [5, 5.41) is 15.4. The number of carbonyl (C=O) groups excluding carboxylic acids is 1. The second kappa shape index (κ2) is 7.35. The van der Waals surface area contributed by atoms with Crippen LogP contribution in [0.15, 0.2) is 18.3 Å². The Morgan fingerprint density at radius 3 is 2.84 bits per heavy atom. The van der Waals surface area contributed by atoms with E-state index in [1.54, 1.807) is 30.1 Å². The van der Waals surface area contributed by atoms with E-state index in [4.69, 9.17) is 5.11 Å². The number of carboxylic acid groups (broad SMARTS) is 1. The Bertz CT molecular complexity index is 465. The number of aliphatic carboxylic acids is 1. The second-order valence-corrected chi connectivity index (χ2v) is 4.25. The Kier molecular flexibility index (Phi) is 5.78. The van der Waals surface area contributed by atoms with Crippen molar-refractivity contribution in [1.82, 2.24) is 15.1 Å². The maximum atomic E-state index is 11.6. The number of carboxylic acids is 1.